The van der Waals surface area contributed by atoms with Crippen LogP contribution in [0.1, 0.15) is 11.7 Å². The van der Waals surface area contributed by atoms with E-state index >= 15 is 0 Å². The lowest BCUT2D eigenvalue weighted by Crippen LogP contribution is -2.38. The first-order valence-electron chi connectivity index (χ1n) is 3.52. The van der Waals surface area contributed by atoms with E-state index in [1.165, 1.54) is 0 Å². The highest BCUT2D eigenvalue weighted by atomic mass is 15.1. The van der Waals surface area contributed by atoms with Crippen LogP contribution in [0.3, 0.4) is 0 Å². The van der Waals surface area contributed by atoms with Gasteiger partial charge in [0.05, 0.1) is 0 Å². The van der Waals surface area contributed by atoms with Crippen LogP contribution in [0.2, 0.25) is 0 Å². The fraction of sp³-hybridized carbons (Fsp3) is 0.125. The van der Waals surface area contributed by atoms with E-state index < -0.39 is 6.17 Å². The zero-order chi connectivity index (χ0) is 8.97. The van der Waals surface area contributed by atoms with Crippen LogP contribution >= 0.6 is 0 Å². The van der Waals surface area contributed by atoms with Gasteiger partial charge in [-0.15, -0.1) is 0 Å². The summed E-state index contributed by atoms with van der Waals surface area (Å²) in [6, 6.07) is 10.0. The van der Waals surface area contributed by atoms with Gasteiger partial charge < -0.3 is 16.8 Å². The minimum absolute atomic E-state index is 0.129. The maximum Gasteiger partial charge on any atom is 0.187 e. The van der Waals surface area contributed by atoms with Gasteiger partial charge in [0.25, 0.3) is 0 Å². The van der Waals surface area contributed by atoms with Crippen LogP contribution in [0.5, 0.6) is 0 Å². The van der Waals surface area contributed by atoms with E-state index in [1.807, 2.05) is 12.1 Å². The Bertz CT molecular complexity index is 257. The molecule has 4 nitrogen and oxygen atoms in total. The molecular weight excluding hydrogens is 152 g/mol. The van der Waals surface area contributed by atoms with Crippen LogP contribution in [-0.4, -0.2) is 5.96 Å². The molecular formula is C8H11N4. The minimum atomic E-state index is -0.419. The number of benzene rings is 1. The zero-order valence-corrected chi connectivity index (χ0v) is 6.54. The van der Waals surface area contributed by atoms with Crippen LogP contribution in [-0.2, 0) is 0 Å². The summed E-state index contributed by atoms with van der Waals surface area (Å²) in [5.41, 5.74) is 11.6. The molecule has 1 radical (unpaired) electrons. The summed E-state index contributed by atoms with van der Waals surface area (Å²) >= 11 is 0. The second-order valence-electron chi connectivity index (χ2n) is 2.37. The average Bonchev–Trinajstić information content (AvgIpc) is 2.05. The number of hydrogen-bond donors (Lipinski definition) is 4. The van der Waals surface area contributed by atoms with Crippen LogP contribution in [0.25, 0.3) is 0 Å². The molecule has 0 spiro atoms. The predicted octanol–water partition coefficient (Wildman–Crippen LogP) is -0.0728. The average molecular weight is 163 g/mol. The molecule has 1 unspecified atom stereocenters. The van der Waals surface area contributed by atoms with Gasteiger partial charge in [0.15, 0.2) is 5.96 Å². The normalized spacial score (nSPS) is 12.1. The number of hydrogen-bond acceptors (Lipinski definition) is 2. The van der Waals surface area contributed by atoms with Gasteiger partial charge >= 0.3 is 0 Å². The van der Waals surface area contributed by atoms with Crippen LogP contribution < -0.4 is 16.8 Å². The van der Waals surface area contributed by atoms with Gasteiger partial charge in [0.2, 0.25) is 0 Å². The smallest absolute Gasteiger partial charge is 0.187 e. The highest BCUT2D eigenvalue weighted by molar-refractivity contribution is 5.74. The summed E-state index contributed by atoms with van der Waals surface area (Å²) in [4.78, 5) is 0. The highest BCUT2D eigenvalue weighted by Crippen LogP contribution is 2.04. The number of nitrogens with one attached hydrogen (secondary N) is 2. The van der Waals surface area contributed by atoms with Crippen LogP contribution in [0.15, 0.2) is 24.3 Å². The highest BCUT2D eigenvalue weighted by Gasteiger charge is 2.03. The van der Waals surface area contributed by atoms with Crippen LogP contribution in [0, 0.1) is 11.5 Å². The Morgan fingerprint density at radius 2 is 2.08 bits per heavy atom. The molecule has 12 heavy (non-hydrogen) atoms. The van der Waals surface area contributed by atoms with Gasteiger partial charge in [-0.2, -0.15) is 0 Å². The zero-order valence-electron chi connectivity index (χ0n) is 6.54. The summed E-state index contributed by atoms with van der Waals surface area (Å²) in [7, 11) is 0. The molecule has 6 N–H and O–H groups in total. The lowest BCUT2D eigenvalue weighted by Gasteiger charge is -2.12. The SMILES string of the molecule is N=C(N)NC(N)c1cc[c]cc1. The van der Waals surface area contributed by atoms with Crippen molar-refractivity contribution in [2.45, 2.75) is 6.17 Å². The van der Waals surface area contributed by atoms with Gasteiger partial charge in [0.1, 0.15) is 6.17 Å². The summed E-state index contributed by atoms with van der Waals surface area (Å²) < 4.78 is 0. The van der Waals surface area contributed by atoms with Crippen molar-refractivity contribution in [1.82, 2.24) is 5.32 Å². The van der Waals surface area contributed by atoms with Crippen molar-refractivity contribution >= 4 is 5.96 Å². The van der Waals surface area contributed by atoms with E-state index in [2.05, 4.69) is 11.4 Å². The van der Waals surface area contributed by atoms with Crippen molar-refractivity contribution in [3.63, 3.8) is 0 Å². The summed E-state index contributed by atoms with van der Waals surface area (Å²) in [5.74, 6) is -0.129. The first-order valence-corrected chi connectivity index (χ1v) is 3.52. The Kier molecular flexibility index (Phi) is 2.66. The Morgan fingerprint density at radius 1 is 1.50 bits per heavy atom. The van der Waals surface area contributed by atoms with E-state index in [0.717, 1.165) is 5.56 Å². The first-order chi connectivity index (χ1) is 5.70. The maximum atomic E-state index is 6.95. The van der Waals surface area contributed by atoms with E-state index in [4.69, 9.17) is 16.9 Å². The molecule has 0 bridgehead atoms. The number of rotatable bonds is 2. The Hall–Kier alpha value is -1.55. The van der Waals surface area contributed by atoms with Gasteiger partial charge in [-0.1, -0.05) is 24.3 Å². The third kappa shape index (κ3) is 2.25. The molecule has 4 heteroatoms. The lowest BCUT2D eigenvalue weighted by atomic mass is 10.2. The molecule has 0 heterocycles. The quantitative estimate of drug-likeness (QED) is 0.279. The van der Waals surface area contributed by atoms with Gasteiger partial charge in [0, 0.05) is 0 Å². The standard InChI is InChI=1S/C8H11N4/c9-7(12-8(10)11)6-4-2-1-3-5-6/h2-5,7H,9H2,(H4,10,11,12). The first kappa shape index (κ1) is 8.55. The monoisotopic (exact) mass is 163 g/mol. The van der Waals surface area contributed by atoms with Crippen molar-refractivity contribution in [3.8, 4) is 0 Å². The maximum absolute atomic E-state index is 6.95. The Balaban J connectivity index is 2.65. The molecule has 0 amide bonds. The predicted molar refractivity (Wildman–Crippen MR) is 47.3 cm³/mol. The largest absolute Gasteiger partial charge is 0.370 e. The summed E-state index contributed by atoms with van der Waals surface area (Å²) in [5, 5.41) is 9.54. The minimum Gasteiger partial charge on any atom is -0.370 e. The lowest BCUT2D eigenvalue weighted by molar-refractivity contribution is 0.674. The third-order valence-electron chi connectivity index (χ3n) is 1.41. The van der Waals surface area contributed by atoms with Gasteiger partial charge in [-0.3, -0.25) is 5.41 Å². The van der Waals surface area contributed by atoms with Crippen molar-refractivity contribution in [3.05, 3.63) is 35.9 Å². The topological polar surface area (TPSA) is 87.9 Å². The molecule has 0 aliphatic heterocycles. The van der Waals surface area contributed by atoms with Crippen molar-refractivity contribution < 1.29 is 0 Å². The molecule has 1 aromatic rings. The number of nitrogens with two attached hydrogens (primary N) is 2. The molecule has 0 aromatic heterocycles. The molecule has 1 aromatic carbocycles. The molecule has 0 aliphatic rings. The summed E-state index contributed by atoms with van der Waals surface area (Å²) in [6.07, 6.45) is -0.419. The molecule has 63 valence electrons. The Morgan fingerprint density at radius 3 is 2.58 bits per heavy atom. The fourth-order valence-corrected chi connectivity index (χ4v) is 0.858. The van der Waals surface area contributed by atoms with Crippen molar-refractivity contribution in [1.29, 1.82) is 5.41 Å². The van der Waals surface area contributed by atoms with Gasteiger partial charge in [-0.05, 0) is 11.6 Å². The van der Waals surface area contributed by atoms with E-state index in [1.54, 1.807) is 12.1 Å². The van der Waals surface area contributed by atoms with Crippen molar-refractivity contribution in [2.24, 2.45) is 11.5 Å². The molecule has 1 rings (SSSR count). The molecule has 0 saturated heterocycles. The van der Waals surface area contributed by atoms with Crippen LogP contribution in [0.4, 0.5) is 0 Å². The van der Waals surface area contributed by atoms with E-state index in [9.17, 15) is 0 Å². The Labute approximate surface area is 71.1 Å². The second kappa shape index (κ2) is 3.73. The fourth-order valence-electron chi connectivity index (χ4n) is 0.858. The van der Waals surface area contributed by atoms with Gasteiger partial charge in [-0.25, -0.2) is 0 Å². The van der Waals surface area contributed by atoms with Crippen molar-refractivity contribution in [2.75, 3.05) is 0 Å². The molecule has 0 saturated carbocycles. The number of guanidine groups is 1. The molecule has 1 atom stereocenters. The molecule has 0 aliphatic carbocycles. The third-order valence-corrected chi connectivity index (χ3v) is 1.41. The molecule has 0 fully saturated rings. The summed E-state index contributed by atoms with van der Waals surface area (Å²) in [6.45, 7) is 0. The van der Waals surface area contributed by atoms with E-state index in [0.29, 0.717) is 0 Å². The second-order valence-corrected chi connectivity index (χ2v) is 2.37. The van der Waals surface area contributed by atoms with E-state index in [-0.39, 0.29) is 5.96 Å².